The van der Waals surface area contributed by atoms with Crippen LogP contribution < -0.4 is 0 Å². The molecular weight excluding hydrogens is 220 g/mol. The highest BCUT2D eigenvalue weighted by Gasteiger charge is 2.14. The summed E-state index contributed by atoms with van der Waals surface area (Å²) in [7, 11) is 0. The Morgan fingerprint density at radius 2 is 1.56 bits per heavy atom. The van der Waals surface area contributed by atoms with Gasteiger partial charge in [0.25, 0.3) is 0 Å². The maximum absolute atomic E-state index is 9.32. The van der Waals surface area contributed by atoms with Crippen LogP contribution >= 0.6 is 0 Å². The van der Waals surface area contributed by atoms with Crippen molar-refractivity contribution >= 4 is 0 Å². The fourth-order valence-corrected chi connectivity index (χ4v) is 2.07. The maximum Gasteiger partial charge on any atom is 0.0839 e. The second kappa shape index (κ2) is 7.18. The predicted octanol–water partition coefficient (Wildman–Crippen LogP) is 3.76. The first-order valence-electron chi connectivity index (χ1n) is 6.84. The van der Waals surface area contributed by atoms with Crippen molar-refractivity contribution in [3.63, 3.8) is 0 Å². The Hall–Kier alpha value is -1.33. The van der Waals surface area contributed by atoms with Crippen LogP contribution in [0.1, 0.15) is 50.7 Å². The lowest BCUT2D eigenvalue weighted by molar-refractivity contribution is 0.298. The number of hydrogen-bond donors (Lipinski definition) is 0. The molecule has 0 aliphatic heterocycles. The van der Waals surface area contributed by atoms with Crippen LogP contribution in [-0.2, 0) is 0 Å². The minimum absolute atomic E-state index is 0.0221. The fourth-order valence-electron chi connectivity index (χ4n) is 2.07. The predicted molar refractivity (Wildman–Crippen MR) is 76.7 cm³/mol. The summed E-state index contributed by atoms with van der Waals surface area (Å²) < 4.78 is 0. The van der Waals surface area contributed by atoms with Crippen molar-refractivity contribution < 1.29 is 0 Å². The molecule has 1 aromatic carbocycles. The van der Waals surface area contributed by atoms with E-state index >= 15 is 0 Å². The van der Waals surface area contributed by atoms with Crippen LogP contribution in [0.15, 0.2) is 24.3 Å². The summed E-state index contributed by atoms with van der Waals surface area (Å²) in [6, 6.07) is 10.9. The fraction of sp³-hybridized carbons (Fsp3) is 0.562. The molecule has 1 rings (SSSR count). The summed E-state index contributed by atoms with van der Waals surface area (Å²) >= 11 is 0. The van der Waals surface area contributed by atoms with Crippen molar-refractivity contribution in [2.45, 2.75) is 39.5 Å². The second-order valence-electron chi connectivity index (χ2n) is 4.99. The topological polar surface area (TPSA) is 27.0 Å². The second-order valence-corrected chi connectivity index (χ2v) is 4.99. The van der Waals surface area contributed by atoms with Gasteiger partial charge in [-0.15, -0.1) is 0 Å². The van der Waals surface area contributed by atoms with E-state index < -0.39 is 0 Å². The van der Waals surface area contributed by atoms with Gasteiger partial charge < -0.3 is 4.90 Å². The Balaban J connectivity index is 2.80. The van der Waals surface area contributed by atoms with E-state index in [0.717, 1.165) is 25.2 Å². The number of hydrogen-bond acceptors (Lipinski definition) is 2. The quantitative estimate of drug-likeness (QED) is 0.762. The van der Waals surface area contributed by atoms with Gasteiger partial charge in [-0.05, 0) is 30.1 Å². The highest BCUT2D eigenvalue weighted by Crippen LogP contribution is 2.20. The zero-order chi connectivity index (χ0) is 13.5. The third-order valence-corrected chi connectivity index (χ3v) is 3.50. The van der Waals surface area contributed by atoms with Crippen molar-refractivity contribution in [1.29, 1.82) is 5.26 Å². The Morgan fingerprint density at radius 3 is 1.94 bits per heavy atom. The van der Waals surface area contributed by atoms with E-state index in [0.29, 0.717) is 5.92 Å². The van der Waals surface area contributed by atoms with Crippen LogP contribution in [0.5, 0.6) is 0 Å². The van der Waals surface area contributed by atoms with Gasteiger partial charge in [0, 0.05) is 6.54 Å². The highest BCUT2D eigenvalue weighted by molar-refractivity contribution is 5.30. The van der Waals surface area contributed by atoms with Gasteiger partial charge >= 0.3 is 0 Å². The lowest BCUT2D eigenvalue weighted by Crippen LogP contribution is -2.27. The summed E-state index contributed by atoms with van der Waals surface area (Å²) in [6.45, 7) is 11.5. The van der Waals surface area contributed by atoms with E-state index in [1.165, 1.54) is 5.56 Å². The van der Waals surface area contributed by atoms with Gasteiger partial charge in [0.1, 0.15) is 0 Å². The molecule has 0 aliphatic rings. The molecule has 0 amide bonds. The Morgan fingerprint density at radius 1 is 1.06 bits per heavy atom. The molecule has 0 aliphatic carbocycles. The number of rotatable bonds is 6. The molecule has 1 aromatic rings. The monoisotopic (exact) mass is 244 g/mol. The third kappa shape index (κ3) is 3.85. The van der Waals surface area contributed by atoms with Gasteiger partial charge in [-0.3, -0.25) is 0 Å². The van der Waals surface area contributed by atoms with Crippen molar-refractivity contribution in [2.75, 3.05) is 19.6 Å². The van der Waals surface area contributed by atoms with E-state index in [4.69, 9.17) is 0 Å². The molecule has 2 heteroatoms. The first kappa shape index (κ1) is 14.7. The lowest BCUT2D eigenvalue weighted by Gasteiger charge is -2.21. The van der Waals surface area contributed by atoms with Gasteiger partial charge in [-0.25, -0.2) is 0 Å². The Bertz CT molecular complexity index is 383. The molecule has 1 atom stereocenters. The van der Waals surface area contributed by atoms with Crippen molar-refractivity contribution in [3.05, 3.63) is 35.4 Å². The molecule has 98 valence electrons. The summed E-state index contributed by atoms with van der Waals surface area (Å²) in [5, 5.41) is 9.32. The van der Waals surface area contributed by atoms with Crippen LogP contribution in [0.25, 0.3) is 0 Å². The van der Waals surface area contributed by atoms with Crippen LogP contribution in [0, 0.1) is 11.3 Å². The number of nitriles is 1. The van der Waals surface area contributed by atoms with Crippen LogP contribution in [0.3, 0.4) is 0 Å². The largest absolute Gasteiger partial charge is 0.302 e. The minimum atomic E-state index is -0.0221. The zero-order valence-corrected chi connectivity index (χ0v) is 12.0. The van der Waals surface area contributed by atoms with Gasteiger partial charge in [0.2, 0.25) is 0 Å². The standard InChI is InChI=1S/C16H24N2/c1-5-18(6-2)12-16(11-17)15-9-7-14(8-10-15)13(3)4/h7-10,13,16H,5-6,12H2,1-4H3. The van der Waals surface area contributed by atoms with Gasteiger partial charge in [-0.2, -0.15) is 5.26 Å². The average molecular weight is 244 g/mol. The van der Waals surface area contributed by atoms with Crippen molar-refractivity contribution in [2.24, 2.45) is 0 Å². The van der Waals surface area contributed by atoms with E-state index in [-0.39, 0.29) is 5.92 Å². The normalized spacial score (nSPS) is 12.7. The van der Waals surface area contributed by atoms with E-state index in [1.54, 1.807) is 0 Å². The Labute approximate surface area is 111 Å². The molecule has 18 heavy (non-hydrogen) atoms. The van der Waals surface area contributed by atoms with E-state index in [2.05, 4.69) is 62.9 Å². The molecule has 0 heterocycles. The van der Waals surface area contributed by atoms with Crippen molar-refractivity contribution in [1.82, 2.24) is 4.90 Å². The molecular formula is C16H24N2. The lowest BCUT2D eigenvalue weighted by atomic mass is 9.95. The third-order valence-electron chi connectivity index (χ3n) is 3.50. The minimum Gasteiger partial charge on any atom is -0.302 e. The molecule has 0 aromatic heterocycles. The van der Waals surface area contributed by atoms with Crippen LogP contribution in [0.2, 0.25) is 0 Å². The van der Waals surface area contributed by atoms with Crippen molar-refractivity contribution in [3.8, 4) is 6.07 Å². The van der Waals surface area contributed by atoms with E-state index in [9.17, 15) is 5.26 Å². The summed E-state index contributed by atoms with van der Waals surface area (Å²) in [4.78, 5) is 2.30. The summed E-state index contributed by atoms with van der Waals surface area (Å²) in [5.74, 6) is 0.522. The zero-order valence-electron chi connectivity index (χ0n) is 12.0. The van der Waals surface area contributed by atoms with Crippen LogP contribution in [0.4, 0.5) is 0 Å². The smallest absolute Gasteiger partial charge is 0.0839 e. The maximum atomic E-state index is 9.32. The molecule has 0 fully saturated rings. The average Bonchev–Trinajstić information content (AvgIpc) is 2.40. The SMILES string of the molecule is CCN(CC)CC(C#N)c1ccc(C(C)C)cc1. The molecule has 0 N–H and O–H groups in total. The Kier molecular flexibility index (Phi) is 5.88. The molecule has 0 saturated heterocycles. The molecule has 1 unspecified atom stereocenters. The van der Waals surface area contributed by atoms with Gasteiger partial charge in [0.05, 0.1) is 12.0 Å². The van der Waals surface area contributed by atoms with Gasteiger partial charge in [-0.1, -0.05) is 52.0 Å². The van der Waals surface area contributed by atoms with E-state index in [1.807, 2.05) is 0 Å². The molecule has 0 bridgehead atoms. The van der Waals surface area contributed by atoms with Gasteiger partial charge in [0.15, 0.2) is 0 Å². The number of benzene rings is 1. The first-order chi connectivity index (χ1) is 8.62. The molecule has 0 saturated carbocycles. The molecule has 0 radical (unpaired) electrons. The number of nitrogens with zero attached hydrogens (tertiary/aromatic N) is 2. The molecule has 2 nitrogen and oxygen atoms in total. The summed E-state index contributed by atoms with van der Waals surface area (Å²) in [5.41, 5.74) is 2.46. The molecule has 0 spiro atoms. The summed E-state index contributed by atoms with van der Waals surface area (Å²) in [6.07, 6.45) is 0. The van der Waals surface area contributed by atoms with Crippen LogP contribution in [-0.4, -0.2) is 24.5 Å². The number of likely N-dealkylation sites (N-methyl/N-ethyl adjacent to an activating group) is 1. The first-order valence-corrected chi connectivity index (χ1v) is 6.84. The highest BCUT2D eigenvalue weighted by atomic mass is 15.1.